The Kier molecular flexibility index (Phi) is 6.03. The van der Waals surface area contributed by atoms with Crippen LogP contribution in [0.5, 0.6) is 28.7 Å². The molecule has 174 valence electrons. The van der Waals surface area contributed by atoms with Gasteiger partial charge < -0.3 is 55.1 Å². The molecule has 2 aromatic carbocycles. The highest BCUT2D eigenvalue weighted by Gasteiger charge is 2.45. The van der Waals surface area contributed by atoms with Crippen molar-refractivity contribution in [1.29, 1.82) is 0 Å². The molecule has 0 spiro atoms. The van der Waals surface area contributed by atoms with Gasteiger partial charge in [-0.15, -0.1) is 0 Å². The molecular formula is C21H24O11. The molecule has 2 heterocycles. The Hall–Kier alpha value is -2.80. The van der Waals surface area contributed by atoms with Gasteiger partial charge in [0, 0.05) is 24.1 Å². The van der Waals surface area contributed by atoms with Crippen molar-refractivity contribution in [1.82, 2.24) is 0 Å². The molecule has 1 saturated heterocycles. The fourth-order valence-electron chi connectivity index (χ4n) is 3.85. The Morgan fingerprint density at radius 2 is 1.66 bits per heavy atom. The lowest BCUT2D eigenvalue weighted by Crippen LogP contribution is -2.60. The van der Waals surface area contributed by atoms with E-state index in [1.807, 2.05) is 0 Å². The second-order valence-electron chi connectivity index (χ2n) is 7.79. The van der Waals surface area contributed by atoms with E-state index in [0.29, 0.717) is 11.1 Å². The van der Waals surface area contributed by atoms with E-state index in [0.717, 1.165) is 0 Å². The van der Waals surface area contributed by atoms with Gasteiger partial charge in [-0.25, -0.2) is 0 Å². The monoisotopic (exact) mass is 452 g/mol. The van der Waals surface area contributed by atoms with Gasteiger partial charge in [0.2, 0.25) is 6.29 Å². The van der Waals surface area contributed by atoms with Crippen molar-refractivity contribution in [2.45, 2.75) is 49.3 Å². The van der Waals surface area contributed by atoms with E-state index >= 15 is 0 Å². The molecule has 11 heteroatoms. The third kappa shape index (κ3) is 4.01. The molecule has 4 rings (SSSR count). The van der Waals surface area contributed by atoms with Crippen molar-refractivity contribution in [2.24, 2.45) is 0 Å². The first kappa shape index (κ1) is 22.4. The number of ether oxygens (including phenoxy) is 3. The number of hydrogen-bond donors (Lipinski definition) is 8. The summed E-state index contributed by atoms with van der Waals surface area (Å²) < 4.78 is 16.8. The molecule has 0 bridgehead atoms. The summed E-state index contributed by atoms with van der Waals surface area (Å²) in [6.45, 7) is -0.633. The third-order valence-electron chi connectivity index (χ3n) is 5.59. The van der Waals surface area contributed by atoms with E-state index in [1.54, 1.807) is 0 Å². The highest BCUT2D eigenvalue weighted by atomic mass is 16.7. The van der Waals surface area contributed by atoms with Crippen molar-refractivity contribution >= 4 is 0 Å². The number of hydrogen-bond acceptors (Lipinski definition) is 11. The molecule has 32 heavy (non-hydrogen) atoms. The molecule has 2 aliphatic rings. The van der Waals surface area contributed by atoms with E-state index < -0.39 is 49.5 Å². The second kappa shape index (κ2) is 8.62. The summed E-state index contributed by atoms with van der Waals surface area (Å²) in [6, 6.07) is 6.49. The van der Waals surface area contributed by atoms with Crippen LogP contribution in [0.2, 0.25) is 0 Å². The van der Waals surface area contributed by atoms with Crippen LogP contribution in [-0.4, -0.2) is 84.3 Å². The molecule has 0 aliphatic carbocycles. The lowest BCUT2D eigenvalue weighted by molar-refractivity contribution is -0.277. The third-order valence-corrected chi connectivity index (χ3v) is 5.59. The number of rotatable bonds is 4. The SMILES string of the molecule is OC[C@H]1O[C@H](Oc2cc(O)cc3c2CC(O)C(c2ccc(O)c(O)c2)O3)[C@H](O)[C@@H](O)[C@@H]1O. The van der Waals surface area contributed by atoms with Gasteiger partial charge in [-0.3, -0.25) is 0 Å². The van der Waals surface area contributed by atoms with Gasteiger partial charge in [-0.1, -0.05) is 6.07 Å². The Bertz CT molecular complexity index is 978. The predicted octanol–water partition coefficient (Wildman–Crippen LogP) is -0.981. The van der Waals surface area contributed by atoms with Gasteiger partial charge in [0.25, 0.3) is 0 Å². The van der Waals surface area contributed by atoms with Crippen molar-refractivity contribution < 1.29 is 55.1 Å². The highest BCUT2D eigenvalue weighted by molar-refractivity contribution is 5.52. The fourth-order valence-corrected chi connectivity index (χ4v) is 3.85. The maximum absolute atomic E-state index is 10.7. The van der Waals surface area contributed by atoms with Crippen LogP contribution in [0.4, 0.5) is 0 Å². The maximum Gasteiger partial charge on any atom is 0.229 e. The molecule has 2 aromatic rings. The summed E-state index contributed by atoms with van der Waals surface area (Å²) >= 11 is 0. The summed E-state index contributed by atoms with van der Waals surface area (Å²) in [5.41, 5.74) is 0.727. The number of benzene rings is 2. The van der Waals surface area contributed by atoms with Gasteiger partial charge in [0.15, 0.2) is 11.5 Å². The van der Waals surface area contributed by atoms with Crippen LogP contribution in [0.1, 0.15) is 17.2 Å². The Morgan fingerprint density at radius 1 is 0.906 bits per heavy atom. The number of aliphatic hydroxyl groups excluding tert-OH is 5. The molecular weight excluding hydrogens is 428 g/mol. The van der Waals surface area contributed by atoms with E-state index in [2.05, 4.69) is 0 Å². The lowest BCUT2D eigenvalue weighted by Gasteiger charge is -2.40. The number of aliphatic hydroxyl groups is 5. The zero-order valence-corrected chi connectivity index (χ0v) is 16.6. The summed E-state index contributed by atoms with van der Waals surface area (Å²) in [4.78, 5) is 0. The van der Waals surface area contributed by atoms with Crippen LogP contribution in [0.25, 0.3) is 0 Å². The van der Waals surface area contributed by atoms with E-state index in [-0.39, 0.29) is 35.2 Å². The Balaban J connectivity index is 1.62. The summed E-state index contributed by atoms with van der Waals surface area (Å²) in [5.74, 6) is -0.811. The van der Waals surface area contributed by atoms with Crippen molar-refractivity contribution in [3.05, 3.63) is 41.5 Å². The van der Waals surface area contributed by atoms with Gasteiger partial charge in [-0.05, 0) is 17.7 Å². The summed E-state index contributed by atoms with van der Waals surface area (Å²) in [6.07, 6.45) is -9.56. The number of fused-ring (bicyclic) bond motifs is 1. The van der Waals surface area contributed by atoms with E-state index in [9.17, 15) is 40.9 Å². The quantitative estimate of drug-likeness (QED) is 0.266. The average Bonchev–Trinajstić information content (AvgIpc) is 2.76. The molecule has 8 N–H and O–H groups in total. The largest absolute Gasteiger partial charge is 0.508 e. The molecule has 0 saturated carbocycles. The molecule has 0 amide bonds. The zero-order chi connectivity index (χ0) is 23.2. The summed E-state index contributed by atoms with van der Waals surface area (Å²) in [7, 11) is 0. The van der Waals surface area contributed by atoms with E-state index in [4.69, 9.17) is 14.2 Å². The topological polar surface area (TPSA) is 190 Å². The molecule has 1 fully saturated rings. The van der Waals surface area contributed by atoms with Gasteiger partial charge in [0.1, 0.15) is 47.8 Å². The van der Waals surface area contributed by atoms with Crippen LogP contribution >= 0.6 is 0 Å². The molecule has 2 unspecified atom stereocenters. The van der Waals surface area contributed by atoms with Crippen molar-refractivity contribution in [3.63, 3.8) is 0 Å². The van der Waals surface area contributed by atoms with Gasteiger partial charge >= 0.3 is 0 Å². The molecule has 0 radical (unpaired) electrons. The van der Waals surface area contributed by atoms with Gasteiger partial charge in [0.05, 0.1) is 12.7 Å². The predicted molar refractivity (Wildman–Crippen MR) is 105 cm³/mol. The first-order chi connectivity index (χ1) is 15.2. The van der Waals surface area contributed by atoms with Crippen LogP contribution in [-0.2, 0) is 11.2 Å². The minimum absolute atomic E-state index is 0.00428. The molecule has 11 nitrogen and oxygen atoms in total. The first-order valence-electron chi connectivity index (χ1n) is 9.89. The first-order valence-corrected chi connectivity index (χ1v) is 9.89. The zero-order valence-electron chi connectivity index (χ0n) is 16.6. The summed E-state index contributed by atoms with van der Waals surface area (Å²) in [5, 5.41) is 79.5. The van der Waals surface area contributed by atoms with Crippen LogP contribution in [0, 0.1) is 0 Å². The second-order valence-corrected chi connectivity index (χ2v) is 7.79. The standard InChI is InChI=1S/C21H24O11/c22-7-16-17(27)18(28)19(29)21(32-16)31-15-5-9(23)4-14-10(15)6-13(26)20(30-14)8-1-2-11(24)12(25)3-8/h1-5,13,16-29H,6-7H2/t13?,16-,17-,18+,19-,20?,21+/m1/s1. The average molecular weight is 452 g/mol. The normalized spacial score (nSPS) is 32.1. The lowest BCUT2D eigenvalue weighted by atomic mass is 9.93. The molecule has 0 aromatic heterocycles. The highest BCUT2D eigenvalue weighted by Crippen LogP contribution is 2.44. The number of phenolic OH excluding ortho intramolecular Hbond substituents is 3. The smallest absolute Gasteiger partial charge is 0.229 e. The number of aromatic hydroxyl groups is 3. The minimum atomic E-state index is -1.66. The van der Waals surface area contributed by atoms with Crippen molar-refractivity contribution in [2.75, 3.05) is 6.61 Å². The van der Waals surface area contributed by atoms with Gasteiger partial charge in [-0.2, -0.15) is 0 Å². The van der Waals surface area contributed by atoms with Crippen LogP contribution < -0.4 is 9.47 Å². The van der Waals surface area contributed by atoms with Crippen LogP contribution in [0.15, 0.2) is 30.3 Å². The minimum Gasteiger partial charge on any atom is -0.508 e. The number of phenols is 3. The van der Waals surface area contributed by atoms with Crippen molar-refractivity contribution in [3.8, 4) is 28.7 Å². The van der Waals surface area contributed by atoms with Crippen LogP contribution in [0.3, 0.4) is 0 Å². The Morgan fingerprint density at radius 3 is 2.34 bits per heavy atom. The molecule has 7 atom stereocenters. The van der Waals surface area contributed by atoms with E-state index in [1.165, 1.54) is 30.3 Å². The Labute approximate surface area is 181 Å². The molecule has 2 aliphatic heterocycles. The maximum atomic E-state index is 10.7. The fraction of sp³-hybridized carbons (Fsp3) is 0.429.